The summed E-state index contributed by atoms with van der Waals surface area (Å²) in [6.07, 6.45) is -1.95. The number of nitrogens with zero attached hydrogens (tertiary/aromatic N) is 6. The Morgan fingerprint density at radius 1 is 1.18 bits per heavy atom. The lowest BCUT2D eigenvalue weighted by atomic mass is 9.93. The summed E-state index contributed by atoms with van der Waals surface area (Å²) in [5.74, 6) is 2.13. The van der Waals surface area contributed by atoms with Crippen LogP contribution in [0.25, 0.3) is 32.2 Å². The van der Waals surface area contributed by atoms with Gasteiger partial charge in [0, 0.05) is 81.2 Å². The Bertz CT molecular complexity index is 1910. The highest BCUT2D eigenvalue weighted by Gasteiger charge is 2.44. The molecule has 2 atom stereocenters. The van der Waals surface area contributed by atoms with Crippen LogP contribution < -0.4 is 16.3 Å². The molecule has 3 aliphatic heterocycles. The first-order valence-electron chi connectivity index (χ1n) is 14.0. The molecule has 1 amide bonds. The van der Waals surface area contributed by atoms with Crippen LogP contribution >= 0.6 is 34.9 Å². The molecule has 1 aromatic carbocycles. The summed E-state index contributed by atoms with van der Waals surface area (Å²) in [6.45, 7) is 8.32. The van der Waals surface area contributed by atoms with Crippen molar-refractivity contribution in [2.75, 3.05) is 41.0 Å². The van der Waals surface area contributed by atoms with E-state index < -0.39 is 17.4 Å². The van der Waals surface area contributed by atoms with Gasteiger partial charge in [-0.2, -0.15) is 29.9 Å². The van der Waals surface area contributed by atoms with Crippen molar-refractivity contribution >= 4 is 73.7 Å². The van der Waals surface area contributed by atoms with Gasteiger partial charge >= 0.3 is 11.9 Å². The third-order valence-corrected chi connectivity index (χ3v) is 12.6. The third kappa shape index (κ3) is 4.57. The monoisotopic (exact) mass is 659 g/mol. The Morgan fingerprint density at radius 3 is 2.55 bits per heavy atom. The molecule has 7 rings (SSSR count). The Hall–Kier alpha value is -3.30. The summed E-state index contributed by atoms with van der Waals surface area (Å²) in [6, 6.07) is 0.574. The molecule has 3 aliphatic rings. The van der Waals surface area contributed by atoms with Gasteiger partial charge in [-0.3, -0.25) is 9.36 Å². The molecule has 230 valence electrons. The number of halogens is 3. The molecule has 3 aromatic heterocycles. The van der Waals surface area contributed by atoms with Gasteiger partial charge in [0.1, 0.15) is 5.82 Å². The fourth-order valence-electron chi connectivity index (χ4n) is 6.64. The minimum atomic E-state index is -4.72. The van der Waals surface area contributed by atoms with Gasteiger partial charge in [-0.1, -0.05) is 6.58 Å². The van der Waals surface area contributed by atoms with E-state index in [4.69, 9.17) is 5.73 Å². The lowest BCUT2D eigenvalue weighted by molar-refractivity contribution is -0.137. The van der Waals surface area contributed by atoms with Gasteiger partial charge in [0.15, 0.2) is 0 Å². The second-order valence-electron chi connectivity index (χ2n) is 11.8. The number of alkyl halides is 3. The molecule has 2 N–H and O–H groups in total. The number of carbonyl (C=O) groups is 1. The first-order valence-corrected chi connectivity index (χ1v) is 17.0. The van der Waals surface area contributed by atoms with Crippen LogP contribution in [0, 0.1) is 5.41 Å². The molecule has 0 bridgehead atoms. The Balaban J connectivity index is 1.53. The number of thiophene rings is 1. The second-order valence-corrected chi connectivity index (χ2v) is 14.6. The highest BCUT2D eigenvalue weighted by molar-refractivity contribution is 8.01. The van der Waals surface area contributed by atoms with Gasteiger partial charge in [-0.25, -0.2) is 14.8 Å². The molecule has 0 aliphatic carbocycles. The number of anilines is 2. The fourth-order valence-corrected chi connectivity index (χ4v) is 10.4. The quantitative estimate of drug-likeness (QED) is 0.300. The third-order valence-electron chi connectivity index (χ3n) is 8.59. The van der Waals surface area contributed by atoms with Crippen molar-refractivity contribution in [2.45, 2.75) is 43.5 Å². The lowest BCUT2D eigenvalue weighted by Gasteiger charge is -2.44. The summed E-state index contributed by atoms with van der Waals surface area (Å²) in [5, 5.41) is 1.93. The van der Waals surface area contributed by atoms with Crippen molar-refractivity contribution in [1.82, 2.24) is 24.4 Å². The van der Waals surface area contributed by atoms with Gasteiger partial charge in [0.2, 0.25) is 11.9 Å². The van der Waals surface area contributed by atoms with E-state index in [2.05, 4.69) is 21.5 Å². The standard InChI is InChI=1S/C29H28F3N7O2S3/c1-4-20(40)39-14(2)7-37(8-15(39)3)25-16-5-18(29(30,31)32)21(17-9-43-19-6-34-26(33)35-22(17)19)24-23(16)38(27(41)36-25)10-28(13-44-24)11-42-12-28/h4-6,9,14-15H,1,7-8,10-13H2,2-3H3,(H2,33,34,35)/t14-,15+. The van der Waals surface area contributed by atoms with Crippen LogP contribution in [0.1, 0.15) is 19.4 Å². The van der Waals surface area contributed by atoms with Crippen molar-refractivity contribution in [3.63, 3.8) is 0 Å². The molecule has 0 saturated carbocycles. The van der Waals surface area contributed by atoms with Crippen LogP contribution in [0.3, 0.4) is 0 Å². The number of hydrogen-bond donors (Lipinski definition) is 1. The van der Waals surface area contributed by atoms with Crippen molar-refractivity contribution in [3.05, 3.63) is 46.3 Å². The number of hydrogen-bond acceptors (Lipinski definition) is 10. The van der Waals surface area contributed by atoms with E-state index in [1.807, 2.05) is 18.7 Å². The minimum absolute atomic E-state index is 0.00295. The van der Waals surface area contributed by atoms with E-state index in [1.54, 1.807) is 26.6 Å². The number of amides is 1. The number of piperazine rings is 1. The summed E-state index contributed by atoms with van der Waals surface area (Å²) in [5.41, 5.74) is 5.44. The minimum Gasteiger partial charge on any atom is -0.368 e. The topological polar surface area (TPSA) is 110 Å². The van der Waals surface area contributed by atoms with Crippen molar-refractivity contribution < 1.29 is 18.0 Å². The molecule has 2 fully saturated rings. The molecule has 6 heterocycles. The van der Waals surface area contributed by atoms with Crippen LogP contribution in [0.4, 0.5) is 24.9 Å². The van der Waals surface area contributed by atoms with Gasteiger partial charge in [0.25, 0.3) is 0 Å². The van der Waals surface area contributed by atoms with Crippen LogP contribution in [-0.2, 0) is 17.5 Å². The molecule has 15 heteroatoms. The maximum Gasteiger partial charge on any atom is 0.417 e. The van der Waals surface area contributed by atoms with Crippen LogP contribution in [0.2, 0.25) is 0 Å². The van der Waals surface area contributed by atoms with E-state index in [9.17, 15) is 9.59 Å². The zero-order chi connectivity index (χ0) is 31.1. The number of fused-ring (bicyclic) bond motifs is 1. The number of benzene rings is 1. The fraction of sp³-hybridized carbons (Fsp3) is 0.414. The normalized spacial score (nSPS) is 21.5. The van der Waals surface area contributed by atoms with Crippen molar-refractivity contribution in [1.29, 1.82) is 0 Å². The number of aromatic nitrogens is 4. The molecule has 0 unspecified atom stereocenters. The largest absolute Gasteiger partial charge is 0.417 e. The predicted octanol–water partition coefficient (Wildman–Crippen LogP) is 5.12. The van der Waals surface area contributed by atoms with Gasteiger partial charge in [-0.05, 0) is 26.0 Å². The average Bonchev–Trinajstić information content (AvgIpc) is 3.25. The van der Waals surface area contributed by atoms with E-state index >= 15 is 13.2 Å². The molecule has 9 nitrogen and oxygen atoms in total. The van der Waals surface area contributed by atoms with E-state index in [1.165, 1.54) is 35.4 Å². The first-order chi connectivity index (χ1) is 20.9. The summed E-state index contributed by atoms with van der Waals surface area (Å²) in [7, 11) is 0. The van der Waals surface area contributed by atoms with Gasteiger partial charge in [-0.15, -0.1) is 23.1 Å². The molecular formula is C29H28F3N7O2S3. The zero-order valence-electron chi connectivity index (χ0n) is 23.8. The van der Waals surface area contributed by atoms with Crippen LogP contribution in [0.15, 0.2) is 40.0 Å². The van der Waals surface area contributed by atoms with Gasteiger partial charge < -0.3 is 15.5 Å². The highest BCUT2D eigenvalue weighted by atomic mass is 32.2. The maximum atomic E-state index is 15.1. The Kier molecular flexibility index (Phi) is 6.94. The Morgan fingerprint density at radius 2 is 1.91 bits per heavy atom. The summed E-state index contributed by atoms with van der Waals surface area (Å²) >= 11 is 4.38. The number of nitrogen functional groups attached to an aromatic ring is 1. The predicted molar refractivity (Wildman–Crippen MR) is 170 cm³/mol. The first kappa shape index (κ1) is 29.4. The van der Waals surface area contributed by atoms with E-state index in [0.29, 0.717) is 51.6 Å². The lowest BCUT2D eigenvalue weighted by Crippen LogP contribution is -2.58. The molecule has 2 saturated heterocycles. The Labute approximate surface area is 262 Å². The van der Waals surface area contributed by atoms with E-state index in [-0.39, 0.29) is 46.1 Å². The molecule has 4 aromatic rings. The zero-order valence-corrected chi connectivity index (χ0v) is 26.3. The molecule has 0 radical (unpaired) electrons. The summed E-state index contributed by atoms with van der Waals surface area (Å²) < 4.78 is 47.6. The number of carbonyl (C=O) groups excluding carboxylic acids is 1. The summed E-state index contributed by atoms with van der Waals surface area (Å²) in [4.78, 5) is 43.2. The van der Waals surface area contributed by atoms with Crippen LogP contribution in [-0.4, -0.2) is 72.8 Å². The SMILES string of the molecule is C=CC(=O)N1[C@H](C)CN(c2nc(=O)n3c4c(c(-c5csc6cnc(N)nc56)c(C(F)(F)F)cc24)SCC2(CSC2)C3)C[C@@H]1C. The maximum absolute atomic E-state index is 15.1. The van der Waals surface area contributed by atoms with Crippen molar-refractivity contribution in [3.8, 4) is 11.1 Å². The second kappa shape index (κ2) is 10.4. The number of nitrogens with two attached hydrogens (primary N) is 1. The number of rotatable bonds is 3. The van der Waals surface area contributed by atoms with Gasteiger partial charge in [0.05, 0.1) is 27.5 Å². The van der Waals surface area contributed by atoms with Crippen molar-refractivity contribution in [2.24, 2.45) is 5.41 Å². The smallest absolute Gasteiger partial charge is 0.368 e. The highest BCUT2D eigenvalue weighted by Crippen LogP contribution is 2.53. The average molecular weight is 660 g/mol. The number of thioether (sulfide) groups is 2. The van der Waals surface area contributed by atoms with Crippen LogP contribution in [0.5, 0.6) is 0 Å². The van der Waals surface area contributed by atoms with E-state index in [0.717, 1.165) is 17.6 Å². The molecule has 1 spiro atoms. The molecular weight excluding hydrogens is 632 g/mol. The molecule has 44 heavy (non-hydrogen) atoms.